The van der Waals surface area contributed by atoms with Crippen LogP contribution in [0.25, 0.3) is 0 Å². The molecule has 0 bridgehead atoms. The van der Waals surface area contributed by atoms with Gasteiger partial charge in [0, 0.05) is 32.8 Å². The summed E-state index contributed by atoms with van der Waals surface area (Å²) >= 11 is 0. The minimum atomic E-state index is 0.304. The van der Waals surface area contributed by atoms with Crippen LogP contribution in [-0.4, -0.2) is 44.8 Å². The maximum Gasteiger partial charge on any atom is 0.0462 e. The maximum absolute atomic E-state index is 6.12. The summed E-state index contributed by atoms with van der Waals surface area (Å²) in [6, 6.07) is 0.304. The number of nitrogens with two attached hydrogens (primary N) is 1. The first-order valence-electron chi connectivity index (χ1n) is 7.15. The molecule has 1 rings (SSSR count). The van der Waals surface area contributed by atoms with Crippen molar-refractivity contribution in [2.24, 2.45) is 11.7 Å². The van der Waals surface area contributed by atoms with Gasteiger partial charge in [-0.15, -0.1) is 0 Å². The summed E-state index contributed by atoms with van der Waals surface area (Å²) in [6.45, 7) is 3.10. The van der Waals surface area contributed by atoms with E-state index in [2.05, 4.69) is 11.9 Å². The number of ether oxygens (including phenoxy) is 1. The van der Waals surface area contributed by atoms with Gasteiger partial charge < -0.3 is 15.4 Å². The van der Waals surface area contributed by atoms with Crippen molar-refractivity contribution in [3.8, 4) is 0 Å². The zero-order valence-electron chi connectivity index (χ0n) is 11.7. The van der Waals surface area contributed by atoms with Crippen molar-refractivity contribution in [2.75, 3.05) is 33.9 Å². The van der Waals surface area contributed by atoms with Crippen molar-refractivity contribution >= 4 is 0 Å². The largest absolute Gasteiger partial charge is 0.385 e. The van der Waals surface area contributed by atoms with Gasteiger partial charge in [0.2, 0.25) is 0 Å². The zero-order chi connectivity index (χ0) is 12.5. The third kappa shape index (κ3) is 7.02. The van der Waals surface area contributed by atoms with Gasteiger partial charge in [0.25, 0.3) is 0 Å². The average molecular weight is 242 g/mol. The summed E-state index contributed by atoms with van der Waals surface area (Å²) < 4.78 is 5.05. The predicted molar refractivity (Wildman–Crippen MR) is 73.2 cm³/mol. The highest BCUT2D eigenvalue weighted by atomic mass is 16.5. The third-order valence-electron chi connectivity index (χ3n) is 3.76. The first kappa shape index (κ1) is 14.9. The summed E-state index contributed by atoms with van der Waals surface area (Å²) in [5.74, 6) is 0.917. The molecule has 1 fully saturated rings. The van der Waals surface area contributed by atoms with Crippen LogP contribution in [0, 0.1) is 5.92 Å². The van der Waals surface area contributed by atoms with Crippen LogP contribution in [0.2, 0.25) is 0 Å². The van der Waals surface area contributed by atoms with Crippen molar-refractivity contribution in [1.29, 1.82) is 0 Å². The van der Waals surface area contributed by atoms with Crippen LogP contribution in [0.1, 0.15) is 44.9 Å². The lowest BCUT2D eigenvalue weighted by Crippen LogP contribution is -2.38. The van der Waals surface area contributed by atoms with Crippen LogP contribution in [0.3, 0.4) is 0 Å². The summed E-state index contributed by atoms with van der Waals surface area (Å²) in [5, 5.41) is 0. The van der Waals surface area contributed by atoms with E-state index in [1.807, 2.05) is 0 Å². The standard InChI is InChI=1S/C14H30N2O/c1-16(11-13-7-4-3-5-8-13)12-14(15)9-6-10-17-2/h13-14H,3-12,15H2,1-2H3. The van der Waals surface area contributed by atoms with E-state index in [4.69, 9.17) is 10.5 Å². The van der Waals surface area contributed by atoms with Crippen LogP contribution in [0.15, 0.2) is 0 Å². The minimum Gasteiger partial charge on any atom is -0.385 e. The second kappa shape index (κ2) is 8.90. The Labute approximate surface area is 107 Å². The minimum absolute atomic E-state index is 0.304. The molecule has 0 radical (unpaired) electrons. The van der Waals surface area contributed by atoms with Crippen LogP contribution in [-0.2, 0) is 4.74 Å². The molecule has 0 heterocycles. The van der Waals surface area contributed by atoms with Crippen LogP contribution in [0.4, 0.5) is 0 Å². The molecule has 17 heavy (non-hydrogen) atoms. The molecule has 0 saturated heterocycles. The van der Waals surface area contributed by atoms with Gasteiger partial charge in [-0.05, 0) is 38.6 Å². The van der Waals surface area contributed by atoms with E-state index < -0.39 is 0 Å². The molecule has 0 amide bonds. The molecule has 0 aromatic rings. The zero-order valence-corrected chi connectivity index (χ0v) is 11.7. The highest BCUT2D eigenvalue weighted by Gasteiger charge is 2.16. The van der Waals surface area contributed by atoms with Gasteiger partial charge in [-0.1, -0.05) is 19.3 Å². The van der Waals surface area contributed by atoms with E-state index in [1.165, 1.54) is 38.6 Å². The molecule has 1 aliphatic carbocycles. The number of rotatable bonds is 8. The quantitative estimate of drug-likeness (QED) is 0.664. The molecular formula is C14H30N2O. The smallest absolute Gasteiger partial charge is 0.0462 e. The molecular weight excluding hydrogens is 212 g/mol. The van der Waals surface area contributed by atoms with Gasteiger partial charge in [-0.3, -0.25) is 0 Å². The Hall–Kier alpha value is -0.120. The fourth-order valence-corrected chi connectivity index (χ4v) is 2.87. The van der Waals surface area contributed by atoms with Gasteiger partial charge >= 0.3 is 0 Å². The Balaban J connectivity index is 2.07. The van der Waals surface area contributed by atoms with E-state index in [0.717, 1.165) is 31.9 Å². The SMILES string of the molecule is COCCCC(N)CN(C)CC1CCCCC1. The second-order valence-electron chi connectivity index (χ2n) is 5.62. The Morgan fingerprint density at radius 3 is 2.65 bits per heavy atom. The number of hydrogen-bond donors (Lipinski definition) is 1. The van der Waals surface area contributed by atoms with E-state index in [1.54, 1.807) is 7.11 Å². The number of nitrogens with zero attached hydrogens (tertiary/aromatic N) is 1. The van der Waals surface area contributed by atoms with Crippen molar-refractivity contribution in [1.82, 2.24) is 4.90 Å². The predicted octanol–water partition coefficient (Wildman–Crippen LogP) is 2.25. The van der Waals surface area contributed by atoms with Gasteiger partial charge in [-0.2, -0.15) is 0 Å². The lowest BCUT2D eigenvalue weighted by atomic mass is 9.89. The van der Waals surface area contributed by atoms with Gasteiger partial charge in [0.15, 0.2) is 0 Å². The van der Waals surface area contributed by atoms with Gasteiger partial charge in [-0.25, -0.2) is 0 Å². The first-order chi connectivity index (χ1) is 8.22. The van der Waals surface area contributed by atoms with E-state index in [-0.39, 0.29) is 0 Å². The first-order valence-corrected chi connectivity index (χ1v) is 7.15. The van der Waals surface area contributed by atoms with Crippen molar-refractivity contribution in [2.45, 2.75) is 51.0 Å². The number of methoxy groups -OCH3 is 1. The molecule has 0 aromatic carbocycles. The molecule has 102 valence electrons. The van der Waals surface area contributed by atoms with Crippen LogP contribution < -0.4 is 5.73 Å². The highest BCUT2D eigenvalue weighted by molar-refractivity contribution is 4.72. The summed E-state index contributed by atoms with van der Waals surface area (Å²) in [6.07, 6.45) is 9.29. The average Bonchev–Trinajstić information content (AvgIpc) is 2.30. The summed E-state index contributed by atoms with van der Waals surface area (Å²) in [7, 11) is 3.96. The molecule has 1 saturated carbocycles. The van der Waals surface area contributed by atoms with Crippen molar-refractivity contribution < 1.29 is 4.74 Å². The Bertz CT molecular complexity index is 181. The lowest BCUT2D eigenvalue weighted by Gasteiger charge is -2.28. The van der Waals surface area contributed by atoms with Gasteiger partial charge in [0.1, 0.15) is 0 Å². The second-order valence-corrected chi connectivity index (χ2v) is 5.62. The normalized spacial score (nSPS) is 19.8. The Morgan fingerprint density at radius 1 is 1.29 bits per heavy atom. The van der Waals surface area contributed by atoms with Gasteiger partial charge in [0.05, 0.1) is 0 Å². The number of hydrogen-bond acceptors (Lipinski definition) is 3. The highest BCUT2D eigenvalue weighted by Crippen LogP contribution is 2.24. The lowest BCUT2D eigenvalue weighted by molar-refractivity contribution is 0.183. The Morgan fingerprint density at radius 2 is 2.00 bits per heavy atom. The Kier molecular flexibility index (Phi) is 7.82. The third-order valence-corrected chi connectivity index (χ3v) is 3.76. The topological polar surface area (TPSA) is 38.5 Å². The molecule has 3 nitrogen and oxygen atoms in total. The van der Waals surface area contributed by atoms with Crippen molar-refractivity contribution in [3.63, 3.8) is 0 Å². The fourth-order valence-electron chi connectivity index (χ4n) is 2.87. The molecule has 1 atom stereocenters. The molecule has 1 unspecified atom stereocenters. The summed E-state index contributed by atoms with van der Waals surface area (Å²) in [5.41, 5.74) is 6.12. The molecule has 2 N–H and O–H groups in total. The van der Waals surface area contributed by atoms with Crippen LogP contribution in [0.5, 0.6) is 0 Å². The fraction of sp³-hybridized carbons (Fsp3) is 1.00. The summed E-state index contributed by atoms with van der Waals surface area (Å²) in [4.78, 5) is 2.42. The molecule has 3 heteroatoms. The molecule has 0 aromatic heterocycles. The molecule has 0 aliphatic heterocycles. The van der Waals surface area contributed by atoms with E-state index in [9.17, 15) is 0 Å². The van der Waals surface area contributed by atoms with E-state index >= 15 is 0 Å². The monoisotopic (exact) mass is 242 g/mol. The maximum atomic E-state index is 6.12. The van der Waals surface area contributed by atoms with Crippen LogP contribution >= 0.6 is 0 Å². The number of likely N-dealkylation sites (N-methyl/N-ethyl adjacent to an activating group) is 1. The molecule has 1 aliphatic rings. The van der Waals surface area contributed by atoms with Crippen molar-refractivity contribution in [3.05, 3.63) is 0 Å². The van der Waals surface area contributed by atoms with E-state index in [0.29, 0.717) is 6.04 Å². The molecule has 0 spiro atoms.